The molecule has 0 spiro atoms. The molecule has 4 nitrogen and oxygen atoms in total. The molecule has 1 amide bonds. The summed E-state index contributed by atoms with van der Waals surface area (Å²) in [6.45, 7) is 8.95. The maximum atomic E-state index is 11.7. The Labute approximate surface area is 149 Å². The van der Waals surface area contributed by atoms with Gasteiger partial charge in [0.2, 0.25) is 0 Å². The molecule has 0 aromatic heterocycles. The number of carbonyl (C=O) groups is 1. The van der Waals surface area contributed by atoms with Gasteiger partial charge in [-0.25, -0.2) is 4.79 Å². The van der Waals surface area contributed by atoms with Gasteiger partial charge in [0.25, 0.3) is 0 Å². The van der Waals surface area contributed by atoms with Crippen LogP contribution >= 0.6 is 31.9 Å². The quantitative estimate of drug-likeness (QED) is 0.686. The van der Waals surface area contributed by atoms with Crippen molar-refractivity contribution in [3.05, 3.63) is 32.7 Å². The number of ether oxygens (including phenoxy) is 1. The van der Waals surface area contributed by atoms with Gasteiger partial charge >= 0.3 is 6.09 Å². The van der Waals surface area contributed by atoms with Crippen LogP contribution < -0.4 is 10.6 Å². The van der Waals surface area contributed by atoms with Crippen molar-refractivity contribution in [1.82, 2.24) is 10.6 Å². The summed E-state index contributed by atoms with van der Waals surface area (Å²) in [7, 11) is 0. The topological polar surface area (TPSA) is 50.4 Å². The van der Waals surface area contributed by atoms with Crippen molar-refractivity contribution in [2.45, 2.75) is 52.3 Å². The third kappa shape index (κ3) is 7.61. The van der Waals surface area contributed by atoms with Crippen molar-refractivity contribution >= 4 is 38.0 Å². The summed E-state index contributed by atoms with van der Waals surface area (Å²) in [5.41, 5.74) is 0.717. The molecular weight excluding hydrogens is 412 g/mol. The number of benzene rings is 1. The van der Waals surface area contributed by atoms with Crippen LogP contribution in [0.25, 0.3) is 0 Å². The summed E-state index contributed by atoms with van der Waals surface area (Å²) in [4.78, 5) is 11.7. The van der Waals surface area contributed by atoms with Crippen LogP contribution in [0.4, 0.5) is 4.79 Å². The molecule has 1 unspecified atom stereocenters. The zero-order valence-corrected chi connectivity index (χ0v) is 16.7. The monoisotopic (exact) mass is 434 g/mol. The zero-order chi connectivity index (χ0) is 16.8. The molecule has 0 fully saturated rings. The summed E-state index contributed by atoms with van der Waals surface area (Å²) in [6, 6.07) is 6.36. The second-order valence-electron chi connectivity index (χ2n) is 6.12. The molecule has 0 saturated carbocycles. The lowest BCUT2D eigenvalue weighted by atomic mass is 10.2. The molecule has 0 aliphatic heterocycles. The van der Waals surface area contributed by atoms with Crippen LogP contribution in [-0.4, -0.2) is 24.3 Å². The van der Waals surface area contributed by atoms with Gasteiger partial charge in [0.05, 0.1) is 0 Å². The fourth-order valence-electron chi connectivity index (χ4n) is 1.79. The van der Waals surface area contributed by atoms with Crippen LogP contribution in [0.1, 0.15) is 39.7 Å². The molecule has 22 heavy (non-hydrogen) atoms. The first-order valence-electron chi connectivity index (χ1n) is 7.35. The summed E-state index contributed by atoms with van der Waals surface area (Å²) < 4.78 is 7.31. The van der Waals surface area contributed by atoms with E-state index in [4.69, 9.17) is 4.74 Å². The summed E-state index contributed by atoms with van der Waals surface area (Å²) in [5, 5.41) is 6.25. The smallest absolute Gasteiger partial charge is 0.407 e. The first-order valence-corrected chi connectivity index (χ1v) is 8.94. The number of carbonyl (C=O) groups excluding carboxylic acids is 1. The van der Waals surface area contributed by atoms with Crippen LogP contribution in [0.3, 0.4) is 0 Å². The minimum absolute atomic E-state index is 0.204. The van der Waals surface area contributed by atoms with Gasteiger partial charge in [0.1, 0.15) is 5.60 Å². The van der Waals surface area contributed by atoms with Gasteiger partial charge < -0.3 is 15.4 Å². The van der Waals surface area contributed by atoms with E-state index in [-0.39, 0.29) is 12.1 Å². The van der Waals surface area contributed by atoms with E-state index in [1.807, 2.05) is 26.8 Å². The third-order valence-corrected chi connectivity index (χ3v) is 4.84. The molecule has 0 aliphatic carbocycles. The molecular formula is C16H24Br2N2O2. The lowest BCUT2D eigenvalue weighted by molar-refractivity contribution is 0.0522. The Kier molecular flexibility index (Phi) is 7.86. The van der Waals surface area contributed by atoms with Gasteiger partial charge in [0.15, 0.2) is 0 Å². The first-order chi connectivity index (χ1) is 10.2. The summed E-state index contributed by atoms with van der Waals surface area (Å²) >= 11 is 6.96. The Morgan fingerprint density at radius 2 is 1.95 bits per heavy atom. The Morgan fingerprint density at radius 1 is 1.27 bits per heavy atom. The highest BCUT2D eigenvalue weighted by molar-refractivity contribution is 9.13. The van der Waals surface area contributed by atoms with Crippen molar-refractivity contribution in [3.8, 4) is 0 Å². The van der Waals surface area contributed by atoms with Crippen LogP contribution in [0.2, 0.25) is 0 Å². The normalized spacial score (nSPS) is 12.8. The van der Waals surface area contributed by atoms with Gasteiger partial charge in [-0.15, -0.1) is 0 Å². The molecule has 0 radical (unpaired) electrons. The van der Waals surface area contributed by atoms with Crippen molar-refractivity contribution < 1.29 is 9.53 Å². The second-order valence-corrected chi connectivity index (χ2v) is 7.83. The van der Waals surface area contributed by atoms with Gasteiger partial charge in [0, 0.05) is 28.1 Å². The highest BCUT2D eigenvalue weighted by Crippen LogP contribution is 2.23. The van der Waals surface area contributed by atoms with E-state index in [0.717, 1.165) is 21.9 Å². The van der Waals surface area contributed by atoms with Gasteiger partial charge in [-0.2, -0.15) is 0 Å². The molecule has 0 saturated heterocycles. The zero-order valence-electron chi connectivity index (χ0n) is 13.5. The molecule has 6 heteroatoms. The van der Waals surface area contributed by atoms with Crippen LogP contribution in [0, 0.1) is 0 Å². The Morgan fingerprint density at radius 3 is 2.50 bits per heavy atom. The molecule has 124 valence electrons. The largest absolute Gasteiger partial charge is 0.444 e. The van der Waals surface area contributed by atoms with Gasteiger partial charge in [-0.05, 0) is 76.7 Å². The number of hydrogen-bond donors (Lipinski definition) is 2. The average molecular weight is 436 g/mol. The fraction of sp³-hybridized carbons (Fsp3) is 0.562. The van der Waals surface area contributed by atoms with E-state index in [2.05, 4.69) is 61.5 Å². The molecule has 1 aromatic carbocycles. The van der Waals surface area contributed by atoms with Gasteiger partial charge in [-0.1, -0.05) is 13.0 Å². The number of hydrogen-bond acceptors (Lipinski definition) is 3. The Bertz CT molecular complexity index is 501. The van der Waals surface area contributed by atoms with Crippen LogP contribution in [-0.2, 0) is 11.3 Å². The predicted octanol–water partition coefficient (Wildman–Crippen LogP) is 4.60. The third-order valence-electron chi connectivity index (χ3n) is 2.96. The van der Waals surface area contributed by atoms with E-state index in [0.29, 0.717) is 6.54 Å². The molecule has 0 heterocycles. The lowest BCUT2D eigenvalue weighted by Gasteiger charge is -2.22. The second kappa shape index (κ2) is 8.89. The number of alkyl carbamates (subject to hydrolysis) is 1. The Balaban J connectivity index is 2.42. The minimum atomic E-state index is -0.469. The fourth-order valence-corrected chi connectivity index (χ4v) is 2.47. The molecule has 1 rings (SSSR count). The molecule has 0 aliphatic rings. The maximum absolute atomic E-state index is 11.7. The molecule has 2 N–H and O–H groups in total. The highest BCUT2D eigenvalue weighted by Gasteiger charge is 2.16. The van der Waals surface area contributed by atoms with E-state index in [1.54, 1.807) is 0 Å². The van der Waals surface area contributed by atoms with Crippen molar-refractivity contribution in [3.63, 3.8) is 0 Å². The first kappa shape index (κ1) is 19.5. The summed E-state index contributed by atoms with van der Waals surface area (Å²) in [5.74, 6) is 0. The van der Waals surface area contributed by atoms with E-state index < -0.39 is 5.60 Å². The van der Waals surface area contributed by atoms with Crippen molar-refractivity contribution in [1.29, 1.82) is 0 Å². The van der Waals surface area contributed by atoms with Crippen molar-refractivity contribution in [2.75, 3.05) is 6.54 Å². The van der Waals surface area contributed by atoms with E-state index >= 15 is 0 Å². The van der Waals surface area contributed by atoms with E-state index in [9.17, 15) is 4.79 Å². The standard InChI is InChI=1S/C16H24Br2N2O2/c1-5-12(10-20-15(21)22-16(2,3)4)19-9-11-6-7-13(17)14(18)8-11/h6-8,12,19H,5,9-10H2,1-4H3,(H,20,21). The van der Waals surface area contributed by atoms with Crippen LogP contribution in [0.5, 0.6) is 0 Å². The molecule has 1 atom stereocenters. The highest BCUT2D eigenvalue weighted by atomic mass is 79.9. The van der Waals surface area contributed by atoms with Crippen LogP contribution in [0.15, 0.2) is 27.1 Å². The summed E-state index contributed by atoms with van der Waals surface area (Å²) in [6.07, 6.45) is 0.548. The molecule has 0 bridgehead atoms. The van der Waals surface area contributed by atoms with Crippen molar-refractivity contribution in [2.24, 2.45) is 0 Å². The number of rotatable bonds is 6. The number of halogens is 2. The van der Waals surface area contributed by atoms with E-state index in [1.165, 1.54) is 5.56 Å². The Hall–Kier alpha value is -0.590. The van der Waals surface area contributed by atoms with Gasteiger partial charge in [-0.3, -0.25) is 0 Å². The lowest BCUT2D eigenvalue weighted by Crippen LogP contribution is -2.42. The molecule has 1 aromatic rings. The number of nitrogens with one attached hydrogen (secondary N) is 2. The SMILES string of the molecule is CCC(CNC(=O)OC(C)(C)C)NCc1ccc(Br)c(Br)c1. The maximum Gasteiger partial charge on any atom is 0.407 e. The number of amides is 1. The minimum Gasteiger partial charge on any atom is -0.444 e. The predicted molar refractivity (Wildman–Crippen MR) is 97.0 cm³/mol. The average Bonchev–Trinajstić information content (AvgIpc) is 2.41.